The number of carbonyl (C=O) groups is 1. The van der Waals surface area contributed by atoms with Crippen molar-refractivity contribution >= 4 is 14.0 Å². The third kappa shape index (κ3) is 6.45. The molecule has 1 aromatic rings. The summed E-state index contributed by atoms with van der Waals surface area (Å²) in [5.41, 5.74) is 0.655. The summed E-state index contributed by atoms with van der Waals surface area (Å²) in [4.78, 5) is 13.5. The van der Waals surface area contributed by atoms with E-state index in [1.54, 1.807) is 49.2 Å². The number of ether oxygens (including phenoxy) is 2. The van der Waals surface area contributed by atoms with Gasteiger partial charge in [0.1, 0.15) is 12.7 Å². The molecule has 0 aromatic heterocycles. The normalized spacial score (nSPS) is 24.5. The molecular weight excluding hydrogens is 409 g/mol. The van der Waals surface area contributed by atoms with Gasteiger partial charge in [-0.2, -0.15) is 0 Å². The standard InChI is InChI=1S/C21H27NO7P/c1-15(23)16-8-7-11-22(13-16)20-19(28-21(2,3)24)12-18(27-20)14-26-30(25)29-17-9-5-4-6-10-17/h4-7,9-11,13,18-20,24H,8,12,14H2,1-3H3/q+1. The van der Waals surface area contributed by atoms with Gasteiger partial charge in [0.15, 0.2) is 23.5 Å². The zero-order valence-electron chi connectivity index (χ0n) is 17.3. The number of para-hydroxylation sites is 1. The molecule has 1 aromatic carbocycles. The first-order valence-electron chi connectivity index (χ1n) is 9.76. The van der Waals surface area contributed by atoms with E-state index >= 15 is 0 Å². The van der Waals surface area contributed by atoms with Gasteiger partial charge in [-0.1, -0.05) is 24.3 Å². The topological polar surface area (TPSA) is 94.5 Å². The summed E-state index contributed by atoms with van der Waals surface area (Å²) in [6.45, 7) is 4.64. The Hall–Kier alpha value is -2.09. The van der Waals surface area contributed by atoms with Gasteiger partial charge in [0.2, 0.25) is 0 Å². The summed E-state index contributed by atoms with van der Waals surface area (Å²) in [7, 11) is -2.36. The van der Waals surface area contributed by atoms with Crippen molar-refractivity contribution < 1.29 is 33.0 Å². The number of rotatable bonds is 9. The van der Waals surface area contributed by atoms with Crippen LogP contribution < -0.4 is 4.52 Å². The van der Waals surface area contributed by atoms with Crippen LogP contribution in [0.5, 0.6) is 5.75 Å². The summed E-state index contributed by atoms with van der Waals surface area (Å²) in [6.07, 6.45) is 4.91. The third-order valence-electron chi connectivity index (χ3n) is 4.54. The van der Waals surface area contributed by atoms with E-state index < -0.39 is 32.5 Å². The van der Waals surface area contributed by atoms with E-state index in [-0.39, 0.29) is 12.4 Å². The minimum absolute atomic E-state index is 0.0164. The van der Waals surface area contributed by atoms with Crippen LogP contribution in [0.15, 0.2) is 54.4 Å². The van der Waals surface area contributed by atoms with Crippen LogP contribution in [-0.4, -0.2) is 46.6 Å². The maximum Gasteiger partial charge on any atom is 0.750 e. The Labute approximate surface area is 177 Å². The lowest BCUT2D eigenvalue weighted by Gasteiger charge is -2.33. The molecule has 4 unspecified atom stereocenters. The molecule has 30 heavy (non-hydrogen) atoms. The van der Waals surface area contributed by atoms with E-state index in [2.05, 4.69) is 0 Å². The summed E-state index contributed by atoms with van der Waals surface area (Å²) in [5.74, 6) is -0.930. The Morgan fingerprint density at radius 2 is 2.07 bits per heavy atom. The summed E-state index contributed by atoms with van der Waals surface area (Å²) < 4.78 is 34.5. The first kappa shape index (κ1) is 22.6. The van der Waals surface area contributed by atoms with Crippen molar-refractivity contribution in [2.45, 2.75) is 57.8 Å². The fourth-order valence-corrected chi connectivity index (χ4v) is 3.90. The molecule has 162 valence electrons. The number of nitrogens with zero attached hydrogens (tertiary/aromatic N) is 1. The molecule has 1 saturated heterocycles. The van der Waals surface area contributed by atoms with Gasteiger partial charge >= 0.3 is 8.25 Å². The van der Waals surface area contributed by atoms with Crippen molar-refractivity contribution in [1.82, 2.24) is 4.90 Å². The van der Waals surface area contributed by atoms with Crippen molar-refractivity contribution in [3.63, 3.8) is 0 Å². The SMILES string of the molecule is CC(=O)C1=CN(C2OC(CO[P+](=O)Oc3ccccc3)CC2OC(C)(C)O)C=CC1. The molecule has 3 rings (SSSR count). The fraction of sp³-hybridized carbons (Fsp3) is 0.476. The lowest BCUT2D eigenvalue weighted by molar-refractivity contribution is -0.224. The number of aliphatic hydroxyl groups is 1. The number of hydrogen-bond acceptors (Lipinski definition) is 8. The highest BCUT2D eigenvalue weighted by Crippen LogP contribution is 2.34. The van der Waals surface area contributed by atoms with Crippen LogP contribution in [0.1, 0.15) is 33.6 Å². The largest absolute Gasteiger partial charge is 0.750 e. The molecule has 1 fully saturated rings. The minimum atomic E-state index is -2.36. The Bertz CT molecular complexity index is 818. The van der Waals surface area contributed by atoms with Crippen LogP contribution in [0, 0.1) is 0 Å². The van der Waals surface area contributed by atoms with Gasteiger partial charge in [0, 0.05) is 29.0 Å². The number of benzene rings is 1. The highest BCUT2D eigenvalue weighted by Gasteiger charge is 2.43. The van der Waals surface area contributed by atoms with E-state index in [1.165, 1.54) is 6.92 Å². The molecule has 0 radical (unpaired) electrons. The first-order valence-corrected chi connectivity index (χ1v) is 10.9. The fourth-order valence-electron chi connectivity index (χ4n) is 3.27. The highest BCUT2D eigenvalue weighted by molar-refractivity contribution is 7.33. The molecule has 0 amide bonds. The van der Waals surface area contributed by atoms with E-state index in [0.29, 0.717) is 24.2 Å². The van der Waals surface area contributed by atoms with Gasteiger partial charge in [0.05, 0.1) is 6.10 Å². The number of hydrogen-bond donors (Lipinski definition) is 1. The van der Waals surface area contributed by atoms with Crippen molar-refractivity contribution in [2.75, 3.05) is 6.61 Å². The van der Waals surface area contributed by atoms with Crippen molar-refractivity contribution in [3.8, 4) is 5.75 Å². The molecule has 9 heteroatoms. The van der Waals surface area contributed by atoms with E-state index in [0.717, 1.165) is 0 Å². The molecule has 2 heterocycles. The molecule has 0 spiro atoms. The Morgan fingerprint density at radius 1 is 1.33 bits per heavy atom. The van der Waals surface area contributed by atoms with Gasteiger partial charge in [0.25, 0.3) is 0 Å². The molecule has 0 saturated carbocycles. The molecule has 2 aliphatic rings. The number of ketones is 1. The second-order valence-electron chi connectivity index (χ2n) is 7.66. The van der Waals surface area contributed by atoms with Gasteiger partial charge in [-0.15, -0.1) is 4.52 Å². The van der Waals surface area contributed by atoms with Gasteiger partial charge in [-0.25, -0.2) is 4.52 Å². The average molecular weight is 436 g/mol. The molecule has 4 atom stereocenters. The second kappa shape index (κ2) is 9.81. The third-order valence-corrected chi connectivity index (χ3v) is 5.26. The average Bonchev–Trinajstić information content (AvgIpc) is 3.08. The minimum Gasteiger partial charge on any atom is -0.366 e. The molecule has 0 bridgehead atoms. The van der Waals surface area contributed by atoms with Crippen molar-refractivity contribution in [1.29, 1.82) is 0 Å². The van der Waals surface area contributed by atoms with E-state index in [9.17, 15) is 14.5 Å². The zero-order valence-corrected chi connectivity index (χ0v) is 18.2. The Morgan fingerprint density at radius 3 is 2.73 bits per heavy atom. The monoisotopic (exact) mass is 436 g/mol. The van der Waals surface area contributed by atoms with Crippen LogP contribution in [0.3, 0.4) is 0 Å². The van der Waals surface area contributed by atoms with Crippen LogP contribution in [0.25, 0.3) is 0 Å². The van der Waals surface area contributed by atoms with Crippen LogP contribution >= 0.6 is 8.25 Å². The Kier molecular flexibility index (Phi) is 7.39. The van der Waals surface area contributed by atoms with Gasteiger partial charge in [-0.05, 0) is 39.3 Å². The predicted octanol–water partition coefficient (Wildman–Crippen LogP) is 3.66. The predicted molar refractivity (Wildman–Crippen MR) is 109 cm³/mol. The number of carbonyl (C=O) groups excluding carboxylic acids is 1. The first-order chi connectivity index (χ1) is 14.2. The van der Waals surface area contributed by atoms with E-state index in [1.807, 2.05) is 18.3 Å². The molecular formula is C21H27NO7P+. The van der Waals surface area contributed by atoms with Crippen LogP contribution in [0.2, 0.25) is 0 Å². The lowest BCUT2D eigenvalue weighted by Crippen LogP contribution is -2.42. The molecule has 1 N–H and O–H groups in total. The van der Waals surface area contributed by atoms with Gasteiger partial charge in [-0.3, -0.25) is 4.79 Å². The number of Topliss-reactive ketones (excluding diaryl/α,β-unsaturated/α-hetero) is 1. The van der Waals surface area contributed by atoms with Crippen LogP contribution in [-0.2, 0) is 23.4 Å². The second-order valence-corrected chi connectivity index (χ2v) is 8.55. The highest BCUT2D eigenvalue weighted by atomic mass is 31.1. The quantitative estimate of drug-likeness (QED) is 0.463. The maximum atomic E-state index is 12.1. The smallest absolute Gasteiger partial charge is 0.366 e. The summed E-state index contributed by atoms with van der Waals surface area (Å²) in [6, 6.07) is 8.76. The molecule has 8 nitrogen and oxygen atoms in total. The van der Waals surface area contributed by atoms with E-state index in [4.69, 9.17) is 18.5 Å². The van der Waals surface area contributed by atoms with Crippen molar-refractivity contribution in [3.05, 3.63) is 54.4 Å². The molecule has 2 aliphatic heterocycles. The lowest BCUT2D eigenvalue weighted by atomic mass is 10.1. The Balaban J connectivity index is 1.63. The maximum absolute atomic E-state index is 12.1. The summed E-state index contributed by atoms with van der Waals surface area (Å²) >= 11 is 0. The zero-order chi connectivity index (χ0) is 21.7. The summed E-state index contributed by atoms with van der Waals surface area (Å²) in [5, 5.41) is 10.1. The van der Waals surface area contributed by atoms with Gasteiger partial charge < -0.3 is 19.5 Å². The van der Waals surface area contributed by atoms with Crippen molar-refractivity contribution in [2.24, 2.45) is 0 Å². The van der Waals surface area contributed by atoms with Crippen LogP contribution in [0.4, 0.5) is 0 Å². The molecule has 0 aliphatic carbocycles. The number of allylic oxidation sites excluding steroid dienone is 2.